The zero-order valence-corrected chi connectivity index (χ0v) is 14.9. The van der Waals surface area contributed by atoms with Gasteiger partial charge in [-0.05, 0) is 24.4 Å². The molecule has 0 radical (unpaired) electrons. The molecule has 1 N–H and O–H groups in total. The molecule has 0 aliphatic carbocycles. The molecule has 1 aromatic carbocycles. The number of nitrogens with zero attached hydrogens (tertiary/aromatic N) is 1. The monoisotopic (exact) mass is 378 g/mol. The molecule has 8 heteroatoms. The van der Waals surface area contributed by atoms with Gasteiger partial charge in [0.15, 0.2) is 0 Å². The number of urea groups is 1. The van der Waals surface area contributed by atoms with E-state index in [2.05, 4.69) is 5.32 Å². The molecule has 2 aromatic rings. The Balaban J connectivity index is 2.07. The van der Waals surface area contributed by atoms with Gasteiger partial charge in [-0.15, -0.1) is 11.3 Å². The van der Waals surface area contributed by atoms with Crippen molar-refractivity contribution < 1.29 is 23.1 Å². The van der Waals surface area contributed by atoms with Gasteiger partial charge in [0, 0.05) is 22.2 Å². The Morgan fingerprint density at radius 3 is 2.73 bits per heavy atom. The van der Waals surface area contributed by atoms with E-state index in [9.17, 15) is 18.4 Å². The summed E-state index contributed by atoms with van der Waals surface area (Å²) >= 11 is 1.48. The van der Waals surface area contributed by atoms with Crippen LogP contribution in [0.5, 0.6) is 0 Å². The van der Waals surface area contributed by atoms with Crippen LogP contribution in [0.4, 0.5) is 13.6 Å². The van der Waals surface area contributed by atoms with E-state index in [-0.39, 0.29) is 17.7 Å². The topological polar surface area (TPSA) is 58.6 Å². The van der Waals surface area contributed by atoms with Crippen molar-refractivity contribution in [1.29, 1.82) is 0 Å². The number of ether oxygens (including phenoxy) is 1. The first-order chi connectivity index (χ1) is 12.4. The standard InChI is InChI=1S/C18H16F2N2O3S/c1-10-15(17(23)25-2)16(13-6-5-11(19)8-14(13)20)21-18(24)22(10)9-12-4-3-7-26-12/h3-8,16H,9H2,1-2H3,(H,21,24). The highest BCUT2D eigenvalue weighted by atomic mass is 32.1. The number of carbonyl (C=O) groups excluding carboxylic acids is 2. The molecule has 1 atom stereocenters. The summed E-state index contributed by atoms with van der Waals surface area (Å²) in [7, 11) is 1.21. The minimum atomic E-state index is -1.06. The number of nitrogens with one attached hydrogen (secondary N) is 1. The predicted octanol–water partition coefficient (Wildman–Crippen LogP) is 3.74. The largest absolute Gasteiger partial charge is 0.466 e. The molecule has 0 saturated heterocycles. The molecule has 1 aliphatic rings. The second-order valence-corrected chi connectivity index (χ2v) is 6.74. The molecule has 26 heavy (non-hydrogen) atoms. The lowest BCUT2D eigenvalue weighted by molar-refractivity contribution is -0.136. The Bertz CT molecular complexity index is 881. The zero-order valence-electron chi connectivity index (χ0n) is 14.1. The fourth-order valence-electron chi connectivity index (χ4n) is 2.87. The van der Waals surface area contributed by atoms with Gasteiger partial charge >= 0.3 is 12.0 Å². The van der Waals surface area contributed by atoms with Gasteiger partial charge < -0.3 is 10.1 Å². The summed E-state index contributed by atoms with van der Waals surface area (Å²) in [4.78, 5) is 27.3. The molecule has 0 spiro atoms. The van der Waals surface area contributed by atoms with Crippen LogP contribution in [-0.2, 0) is 16.1 Å². The number of rotatable bonds is 4. The predicted molar refractivity (Wildman–Crippen MR) is 92.2 cm³/mol. The second kappa shape index (κ2) is 7.25. The number of hydrogen-bond donors (Lipinski definition) is 1. The van der Waals surface area contributed by atoms with Crippen LogP contribution in [0.25, 0.3) is 0 Å². The normalized spacial score (nSPS) is 17.3. The number of amides is 2. The molecule has 2 amide bonds. The third kappa shape index (κ3) is 3.32. The van der Waals surface area contributed by atoms with Crippen LogP contribution in [0, 0.1) is 11.6 Å². The van der Waals surface area contributed by atoms with Crippen molar-refractivity contribution >= 4 is 23.3 Å². The molecule has 0 fully saturated rings. The third-order valence-corrected chi connectivity index (χ3v) is 5.03. The lowest BCUT2D eigenvalue weighted by Crippen LogP contribution is -2.47. The molecule has 0 bridgehead atoms. The molecular weight excluding hydrogens is 362 g/mol. The van der Waals surface area contributed by atoms with Crippen molar-refractivity contribution in [2.75, 3.05) is 7.11 Å². The van der Waals surface area contributed by atoms with E-state index in [1.807, 2.05) is 17.5 Å². The van der Waals surface area contributed by atoms with Gasteiger partial charge in [0.2, 0.25) is 0 Å². The maximum Gasteiger partial charge on any atom is 0.337 e. The van der Waals surface area contributed by atoms with Gasteiger partial charge in [0.05, 0.1) is 25.3 Å². The number of benzene rings is 1. The smallest absolute Gasteiger partial charge is 0.337 e. The van der Waals surface area contributed by atoms with Crippen molar-refractivity contribution in [3.05, 3.63) is 69.1 Å². The van der Waals surface area contributed by atoms with E-state index < -0.39 is 29.7 Å². The van der Waals surface area contributed by atoms with E-state index in [1.54, 1.807) is 6.92 Å². The van der Waals surface area contributed by atoms with Crippen molar-refractivity contribution in [2.24, 2.45) is 0 Å². The van der Waals surface area contributed by atoms with Crippen LogP contribution in [0.3, 0.4) is 0 Å². The molecule has 2 heterocycles. The first kappa shape index (κ1) is 18.1. The summed E-state index contributed by atoms with van der Waals surface area (Å²) in [6.45, 7) is 1.88. The third-order valence-electron chi connectivity index (χ3n) is 4.17. The van der Waals surface area contributed by atoms with E-state index in [1.165, 1.54) is 29.4 Å². The number of allylic oxidation sites excluding steroid dienone is 1. The fourth-order valence-corrected chi connectivity index (χ4v) is 3.57. The number of halogens is 2. The SMILES string of the molecule is COC(=O)C1=C(C)N(Cc2cccs2)C(=O)NC1c1ccc(F)cc1F. The first-order valence-electron chi connectivity index (χ1n) is 7.76. The minimum absolute atomic E-state index is 0.00438. The van der Waals surface area contributed by atoms with Gasteiger partial charge in [-0.2, -0.15) is 0 Å². The summed E-state index contributed by atoms with van der Waals surface area (Å²) in [5.74, 6) is -2.28. The summed E-state index contributed by atoms with van der Waals surface area (Å²) in [5, 5.41) is 4.50. The Labute approximate surface area is 152 Å². The maximum absolute atomic E-state index is 14.3. The second-order valence-electron chi connectivity index (χ2n) is 5.70. The number of carbonyl (C=O) groups is 2. The Morgan fingerprint density at radius 2 is 2.12 bits per heavy atom. The molecule has 1 aromatic heterocycles. The van der Waals surface area contributed by atoms with Gasteiger partial charge in [-0.3, -0.25) is 4.90 Å². The zero-order chi connectivity index (χ0) is 18.8. The van der Waals surface area contributed by atoms with Gasteiger partial charge in [0.25, 0.3) is 0 Å². The Hall–Kier alpha value is -2.74. The fraction of sp³-hybridized carbons (Fsp3) is 0.222. The highest BCUT2D eigenvalue weighted by Crippen LogP contribution is 2.33. The van der Waals surface area contributed by atoms with Gasteiger partial charge in [-0.25, -0.2) is 18.4 Å². The van der Waals surface area contributed by atoms with Crippen molar-refractivity contribution in [3.8, 4) is 0 Å². The van der Waals surface area contributed by atoms with Crippen LogP contribution in [0.15, 0.2) is 47.0 Å². The highest BCUT2D eigenvalue weighted by molar-refractivity contribution is 7.09. The average Bonchev–Trinajstić information content (AvgIpc) is 3.11. The van der Waals surface area contributed by atoms with E-state index in [0.29, 0.717) is 11.8 Å². The van der Waals surface area contributed by atoms with Gasteiger partial charge in [-0.1, -0.05) is 12.1 Å². The minimum Gasteiger partial charge on any atom is -0.466 e. The number of methoxy groups -OCH3 is 1. The Kier molecular flexibility index (Phi) is 5.03. The molecular formula is C18H16F2N2O3S. The molecule has 3 rings (SSSR count). The van der Waals surface area contributed by atoms with Crippen molar-refractivity contribution in [2.45, 2.75) is 19.5 Å². The van der Waals surface area contributed by atoms with Crippen LogP contribution < -0.4 is 5.32 Å². The molecule has 136 valence electrons. The van der Waals surface area contributed by atoms with E-state index in [0.717, 1.165) is 10.9 Å². The molecule has 1 unspecified atom stereocenters. The van der Waals surface area contributed by atoms with E-state index in [4.69, 9.17) is 4.74 Å². The lowest BCUT2D eigenvalue weighted by Gasteiger charge is -2.35. The van der Waals surface area contributed by atoms with Gasteiger partial charge in [0.1, 0.15) is 11.6 Å². The maximum atomic E-state index is 14.3. The summed E-state index contributed by atoms with van der Waals surface area (Å²) in [5.41, 5.74) is 0.465. The van der Waals surface area contributed by atoms with Crippen LogP contribution in [-0.4, -0.2) is 24.0 Å². The van der Waals surface area contributed by atoms with Crippen molar-refractivity contribution in [1.82, 2.24) is 10.2 Å². The molecule has 1 aliphatic heterocycles. The Morgan fingerprint density at radius 1 is 1.35 bits per heavy atom. The molecule has 0 saturated carbocycles. The number of hydrogen-bond acceptors (Lipinski definition) is 4. The summed E-state index contributed by atoms with van der Waals surface area (Å²) in [6, 6.07) is 5.19. The quantitative estimate of drug-likeness (QED) is 0.825. The number of thiophene rings is 1. The van der Waals surface area contributed by atoms with Crippen LogP contribution in [0.2, 0.25) is 0 Å². The van der Waals surface area contributed by atoms with Crippen molar-refractivity contribution in [3.63, 3.8) is 0 Å². The number of esters is 1. The lowest BCUT2D eigenvalue weighted by atomic mass is 9.94. The highest BCUT2D eigenvalue weighted by Gasteiger charge is 2.37. The average molecular weight is 378 g/mol. The summed E-state index contributed by atoms with van der Waals surface area (Å²) in [6.07, 6.45) is 0. The van der Waals surface area contributed by atoms with E-state index >= 15 is 0 Å². The first-order valence-corrected chi connectivity index (χ1v) is 8.64. The van der Waals surface area contributed by atoms with Crippen LogP contribution in [0.1, 0.15) is 23.4 Å². The summed E-state index contributed by atoms with van der Waals surface area (Å²) < 4.78 is 32.3. The van der Waals surface area contributed by atoms with Crippen LogP contribution >= 0.6 is 11.3 Å². The molecule has 5 nitrogen and oxygen atoms in total.